The summed E-state index contributed by atoms with van der Waals surface area (Å²) in [4.78, 5) is 22.9. The molecule has 0 fully saturated rings. The van der Waals surface area contributed by atoms with E-state index in [0.29, 0.717) is 23.3 Å². The molecule has 4 heteroatoms. The Balaban J connectivity index is 2.78. The molecule has 0 aliphatic carbocycles. The van der Waals surface area contributed by atoms with Gasteiger partial charge in [0.25, 0.3) is 0 Å². The second-order valence-corrected chi connectivity index (χ2v) is 6.71. The molecule has 0 bridgehead atoms. The molecule has 0 aromatic heterocycles. The van der Waals surface area contributed by atoms with Crippen LogP contribution in [0, 0.1) is 11.8 Å². The highest BCUT2D eigenvalue weighted by molar-refractivity contribution is 8.13. The SMILES string of the molecule is CC(=O)SCCC#Cc1ccccc1C(=O)OC(C)(C)C. The molecule has 0 saturated heterocycles. The van der Waals surface area contributed by atoms with Gasteiger partial charge in [-0.3, -0.25) is 4.79 Å². The number of hydrogen-bond donors (Lipinski definition) is 0. The first-order valence-corrected chi connectivity index (χ1v) is 7.73. The maximum Gasteiger partial charge on any atom is 0.339 e. The van der Waals surface area contributed by atoms with E-state index in [1.807, 2.05) is 26.8 Å². The topological polar surface area (TPSA) is 43.4 Å². The van der Waals surface area contributed by atoms with Crippen molar-refractivity contribution in [3.05, 3.63) is 35.4 Å². The lowest BCUT2D eigenvalue weighted by molar-refractivity contribution is -0.109. The van der Waals surface area contributed by atoms with Crippen molar-refractivity contribution >= 4 is 22.8 Å². The monoisotopic (exact) mass is 304 g/mol. The highest BCUT2D eigenvalue weighted by Crippen LogP contribution is 2.15. The Labute approximate surface area is 130 Å². The Morgan fingerprint density at radius 1 is 1.24 bits per heavy atom. The third kappa shape index (κ3) is 7.01. The molecule has 0 atom stereocenters. The van der Waals surface area contributed by atoms with Gasteiger partial charge in [-0.1, -0.05) is 35.7 Å². The molecule has 0 heterocycles. The van der Waals surface area contributed by atoms with Gasteiger partial charge in [-0.05, 0) is 32.9 Å². The summed E-state index contributed by atoms with van der Waals surface area (Å²) in [6, 6.07) is 7.13. The van der Waals surface area contributed by atoms with E-state index in [4.69, 9.17) is 4.74 Å². The first-order chi connectivity index (χ1) is 9.79. The molecule has 0 N–H and O–H groups in total. The van der Waals surface area contributed by atoms with Gasteiger partial charge in [0.1, 0.15) is 5.60 Å². The number of benzene rings is 1. The Kier molecular flexibility index (Phi) is 6.51. The van der Waals surface area contributed by atoms with Crippen molar-refractivity contribution in [3.8, 4) is 11.8 Å². The predicted molar refractivity (Wildman–Crippen MR) is 86.2 cm³/mol. The summed E-state index contributed by atoms with van der Waals surface area (Å²) in [5.41, 5.74) is 0.592. The standard InChI is InChI=1S/C17H20O3S/c1-13(18)21-12-8-7-10-14-9-5-6-11-15(14)16(19)20-17(2,3)4/h5-6,9,11H,8,12H2,1-4H3. The van der Waals surface area contributed by atoms with Crippen molar-refractivity contribution in [2.45, 2.75) is 39.7 Å². The third-order valence-electron chi connectivity index (χ3n) is 2.30. The summed E-state index contributed by atoms with van der Waals surface area (Å²) in [5.74, 6) is 6.26. The highest BCUT2D eigenvalue weighted by atomic mass is 32.2. The minimum Gasteiger partial charge on any atom is -0.456 e. The normalized spacial score (nSPS) is 10.5. The van der Waals surface area contributed by atoms with Gasteiger partial charge < -0.3 is 4.74 Å². The van der Waals surface area contributed by atoms with E-state index in [0.717, 1.165) is 0 Å². The van der Waals surface area contributed by atoms with Gasteiger partial charge in [0.05, 0.1) is 5.56 Å². The van der Waals surface area contributed by atoms with Crippen LogP contribution in [0.15, 0.2) is 24.3 Å². The zero-order valence-electron chi connectivity index (χ0n) is 12.9. The lowest BCUT2D eigenvalue weighted by Gasteiger charge is -2.19. The van der Waals surface area contributed by atoms with Crippen molar-refractivity contribution in [2.75, 3.05) is 5.75 Å². The van der Waals surface area contributed by atoms with Gasteiger partial charge in [-0.15, -0.1) is 0 Å². The molecule has 21 heavy (non-hydrogen) atoms. The van der Waals surface area contributed by atoms with Crippen LogP contribution in [0.1, 0.15) is 50.0 Å². The molecule has 0 aliphatic heterocycles. The quantitative estimate of drug-likeness (QED) is 0.485. The Morgan fingerprint density at radius 2 is 1.90 bits per heavy atom. The number of thioether (sulfide) groups is 1. The molecule has 0 amide bonds. The van der Waals surface area contributed by atoms with Crippen molar-refractivity contribution in [2.24, 2.45) is 0 Å². The summed E-state index contributed by atoms with van der Waals surface area (Å²) < 4.78 is 5.37. The summed E-state index contributed by atoms with van der Waals surface area (Å²) >= 11 is 1.25. The molecule has 0 unspecified atom stereocenters. The zero-order valence-corrected chi connectivity index (χ0v) is 13.7. The van der Waals surface area contributed by atoms with Crippen LogP contribution < -0.4 is 0 Å². The number of hydrogen-bond acceptors (Lipinski definition) is 4. The van der Waals surface area contributed by atoms with Crippen LogP contribution in [-0.2, 0) is 9.53 Å². The second kappa shape index (κ2) is 7.90. The maximum atomic E-state index is 12.1. The predicted octanol–water partition coefficient (Wildman–Crippen LogP) is 3.66. The van der Waals surface area contributed by atoms with E-state index < -0.39 is 5.60 Å². The lowest BCUT2D eigenvalue weighted by Crippen LogP contribution is -2.24. The molecule has 112 valence electrons. The van der Waals surface area contributed by atoms with Crippen molar-refractivity contribution < 1.29 is 14.3 Å². The average molecular weight is 304 g/mol. The van der Waals surface area contributed by atoms with Crippen LogP contribution in [0.5, 0.6) is 0 Å². The Morgan fingerprint density at radius 3 is 2.52 bits per heavy atom. The molecular formula is C17H20O3S. The van der Waals surface area contributed by atoms with Crippen LogP contribution in [-0.4, -0.2) is 22.4 Å². The Bertz CT molecular complexity index is 574. The van der Waals surface area contributed by atoms with Gasteiger partial charge in [0, 0.05) is 24.7 Å². The minimum absolute atomic E-state index is 0.0888. The minimum atomic E-state index is -0.532. The molecule has 3 nitrogen and oxygen atoms in total. The highest BCUT2D eigenvalue weighted by Gasteiger charge is 2.19. The van der Waals surface area contributed by atoms with Crippen molar-refractivity contribution in [1.82, 2.24) is 0 Å². The Hall–Kier alpha value is -1.73. The van der Waals surface area contributed by atoms with Crippen molar-refractivity contribution in [1.29, 1.82) is 0 Å². The fourth-order valence-electron chi connectivity index (χ4n) is 1.51. The van der Waals surface area contributed by atoms with Gasteiger partial charge in [0.15, 0.2) is 5.12 Å². The third-order valence-corrected chi connectivity index (χ3v) is 3.12. The summed E-state index contributed by atoms with van der Waals surface area (Å²) in [6.45, 7) is 7.03. The van der Waals surface area contributed by atoms with Crippen LogP contribution in [0.4, 0.5) is 0 Å². The maximum absolute atomic E-state index is 12.1. The largest absolute Gasteiger partial charge is 0.456 e. The molecular weight excluding hydrogens is 284 g/mol. The molecule has 0 radical (unpaired) electrons. The second-order valence-electron chi connectivity index (χ2n) is 5.44. The van der Waals surface area contributed by atoms with Gasteiger partial charge in [0.2, 0.25) is 0 Å². The number of esters is 1. The van der Waals surface area contributed by atoms with Crippen LogP contribution in [0.3, 0.4) is 0 Å². The zero-order chi connectivity index (χ0) is 15.9. The summed E-state index contributed by atoms with van der Waals surface area (Å²) in [6.07, 6.45) is 0.604. The smallest absolute Gasteiger partial charge is 0.339 e. The molecule has 0 saturated carbocycles. The van der Waals surface area contributed by atoms with E-state index in [9.17, 15) is 9.59 Å². The summed E-state index contributed by atoms with van der Waals surface area (Å²) in [7, 11) is 0. The average Bonchev–Trinajstić information content (AvgIpc) is 2.36. The van der Waals surface area contributed by atoms with Gasteiger partial charge in [-0.2, -0.15) is 0 Å². The van der Waals surface area contributed by atoms with E-state index in [2.05, 4.69) is 11.8 Å². The van der Waals surface area contributed by atoms with E-state index in [1.54, 1.807) is 18.2 Å². The van der Waals surface area contributed by atoms with Gasteiger partial charge >= 0.3 is 5.97 Å². The lowest BCUT2D eigenvalue weighted by atomic mass is 10.1. The number of rotatable bonds is 3. The van der Waals surface area contributed by atoms with E-state index in [1.165, 1.54) is 18.7 Å². The molecule has 0 aliphatic rings. The van der Waals surface area contributed by atoms with Crippen LogP contribution >= 0.6 is 11.8 Å². The molecule has 0 spiro atoms. The molecule has 1 rings (SSSR count). The number of carbonyl (C=O) groups is 2. The van der Waals surface area contributed by atoms with Crippen molar-refractivity contribution in [3.63, 3.8) is 0 Å². The first-order valence-electron chi connectivity index (χ1n) is 6.74. The summed E-state index contributed by atoms with van der Waals surface area (Å²) in [5, 5.41) is 0.0888. The van der Waals surface area contributed by atoms with Gasteiger partial charge in [-0.25, -0.2) is 4.79 Å². The molecule has 1 aromatic carbocycles. The van der Waals surface area contributed by atoms with Crippen LogP contribution in [0.2, 0.25) is 0 Å². The number of carbonyl (C=O) groups excluding carboxylic acids is 2. The van der Waals surface area contributed by atoms with Crippen LogP contribution in [0.25, 0.3) is 0 Å². The van der Waals surface area contributed by atoms with E-state index >= 15 is 0 Å². The first kappa shape index (κ1) is 17.3. The van der Waals surface area contributed by atoms with E-state index in [-0.39, 0.29) is 11.1 Å². The molecule has 1 aromatic rings. The fraction of sp³-hybridized carbons (Fsp3) is 0.412. The fourth-order valence-corrected chi connectivity index (χ4v) is 2.00. The number of ether oxygens (including phenoxy) is 1.